The van der Waals surface area contributed by atoms with E-state index in [9.17, 15) is 4.79 Å². The van der Waals surface area contributed by atoms with E-state index >= 15 is 0 Å². The monoisotopic (exact) mass is 180 g/mol. The second-order valence-corrected chi connectivity index (χ2v) is 4.37. The molecule has 1 saturated carbocycles. The van der Waals surface area contributed by atoms with Crippen molar-refractivity contribution in [2.75, 3.05) is 0 Å². The minimum Gasteiger partial charge on any atom is -0.300 e. The van der Waals surface area contributed by atoms with E-state index in [2.05, 4.69) is 19.9 Å². The summed E-state index contributed by atoms with van der Waals surface area (Å²) in [5, 5.41) is 0. The lowest BCUT2D eigenvalue weighted by Gasteiger charge is -2.12. The molecule has 0 spiro atoms. The third-order valence-corrected chi connectivity index (χ3v) is 2.63. The third-order valence-electron chi connectivity index (χ3n) is 2.63. The Morgan fingerprint density at radius 2 is 1.85 bits per heavy atom. The first-order valence-electron chi connectivity index (χ1n) is 5.38. The van der Waals surface area contributed by atoms with Crippen molar-refractivity contribution in [3.05, 3.63) is 11.6 Å². The molecule has 74 valence electrons. The van der Waals surface area contributed by atoms with Gasteiger partial charge in [0, 0.05) is 12.8 Å². The molecule has 0 unspecified atom stereocenters. The van der Waals surface area contributed by atoms with E-state index in [1.165, 1.54) is 18.4 Å². The lowest BCUT2D eigenvalue weighted by molar-refractivity contribution is -0.119. The van der Waals surface area contributed by atoms with E-state index in [-0.39, 0.29) is 0 Å². The summed E-state index contributed by atoms with van der Waals surface area (Å²) in [6, 6.07) is 0. The predicted octanol–water partition coefficient (Wildman–Crippen LogP) is 3.49. The molecule has 1 rings (SSSR count). The number of Topliss-reactive ketones (excluding diaryl/α,β-unsaturated/α-hetero) is 1. The first-order chi connectivity index (χ1) is 6.18. The fraction of sp³-hybridized carbons (Fsp3) is 0.750. The summed E-state index contributed by atoms with van der Waals surface area (Å²) < 4.78 is 0. The highest BCUT2D eigenvalue weighted by Crippen LogP contribution is 2.21. The van der Waals surface area contributed by atoms with E-state index in [0.717, 1.165) is 31.6 Å². The van der Waals surface area contributed by atoms with Gasteiger partial charge in [-0.25, -0.2) is 0 Å². The van der Waals surface area contributed by atoms with Crippen molar-refractivity contribution >= 4 is 5.78 Å². The van der Waals surface area contributed by atoms with Crippen LogP contribution in [0.15, 0.2) is 11.6 Å². The Hall–Kier alpha value is -0.590. The molecule has 1 nitrogen and oxygen atoms in total. The van der Waals surface area contributed by atoms with Gasteiger partial charge in [-0.2, -0.15) is 0 Å². The van der Waals surface area contributed by atoms with Crippen LogP contribution in [0.5, 0.6) is 0 Å². The molecule has 0 aliphatic heterocycles. The summed E-state index contributed by atoms with van der Waals surface area (Å²) in [6.45, 7) is 4.51. The maximum atomic E-state index is 11.0. The quantitative estimate of drug-likeness (QED) is 0.607. The third kappa shape index (κ3) is 4.25. The van der Waals surface area contributed by atoms with Crippen molar-refractivity contribution in [1.82, 2.24) is 0 Å². The van der Waals surface area contributed by atoms with E-state index < -0.39 is 0 Å². The van der Waals surface area contributed by atoms with Crippen molar-refractivity contribution in [3.8, 4) is 0 Å². The second-order valence-electron chi connectivity index (χ2n) is 4.37. The van der Waals surface area contributed by atoms with Crippen molar-refractivity contribution in [1.29, 1.82) is 0 Å². The van der Waals surface area contributed by atoms with Gasteiger partial charge in [-0.1, -0.05) is 25.5 Å². The molecular weight excluding hydrogens is 160 g/mol. The molecule has 0 aromatic carbocycles. The van der Waals surface area contributed by atoms with Crippen molar-refractivity contribution in [2.45, 2.75) is 52.4 Å². The Kier molecular flexibility index (Phi) is 4.20. The van der Waals surface area contributed by atoms with Gasteiger partial charge in [0.15, 0.2) is 0 Å². The van der Waals surface area contributed by atoms with Crippen LogP contribution in [0, 0.1) is 5.92 Å². The van der Waals surface area contributed by atoms with Crippen molar-refractivity contribution in [3.63, 3.8) is 0 Å². The first-order valence-corrected chi connectivity index (χ1v) is 5.38. The van der Waals surface area contributed by atoms with Crippen LogP contribution in [-0.2, 0) is 4.79 Å². The molecule has 1 fully saturated rings. The molecule has 0 aromatic heterocycles. The Bertz CT molecular complexity index is 189. The van der Waals surface area contributed by atoms with Crippen LogP contribution in [0.25, 0.3) is 0 Å². The Morgan fingerprint density at radius 1 is 1.23 bits per heavy atom. The van der Waals surface area contributed by atoms with Gasteiger partial charge in [0.2, 0.25) is 0 Å². The normalized spacial score (nSPS) is 18.1. The number of rotatable bonds is 3. The lowest BCUT2D eigenvalue weighted by atomic mass is 9.92. The number of allylic oxidation sites excluding steroid dienone is 2. The molecule has 0 radical (unpaired) electrons. The van der Waals surface area contributed by atoms with Crippen LogP contribution in [-0.4, -0.2) is 5.78 Å². The minimum atomic E-state index is 0.445. The number of hydrogen-bond donors (Lipinski definition) is 0. The van der Waals surface area contributed by atoms with Gasteiger partial charge in [-0.3, -0.25) is 4.79 Å². The van der Waals surface area contributed by atoms with E-state index in [0.29, 0.717) is 5.78 Å². The summed E-state index contributed by atoms with van der Waals surface area (Å²) >= 11 is 0. The molecule has 0 bridgehead atoms. The van der Waals surface area contributed by atoms with Crippen LogP contribution in [0.3, 0.4) is 0 Å². The summed E-state index contributed by atoms with van der Waals surface area (Å²) in [5.41, 5.74) is 1.51. The van der Waals surface area contributed by atoms with Crippen molar-refractivity contribution < 1.29 is 4.79 Å². The Balaban J connectivity index is 2.23. The fourth-order valence-corrected chi connectivity index (χ4v) is 1.67. The van der Waals surface area contributed by atoms with E-state index in [4.69, 9.17) is 0 Å². The smallest absolute Gasteiger partial charge is 0.133 e. The highest BCUT2D eigenvalue weighted by molar-refractivity contribution is 5.80. The maximum absolute atomic E-state index is 11.0. The largest absolute Gasteiger partial charge is 0.300 e. The zero-order chi connectivity index (χ0) is 9.68. The number of hydrogen-bond acceptors (Lipinski definition) is 1. The van der Waals surface area contributed by atoms with Crippen LogP contribution >= 0.6 is 0 Å². The van der Waals surface area contributed by atoms with Crippen LogP contribution in [0.2, 0.25) is 0 Å². The fourth-order valence-electron chi connectivity index (χ4n) is 1.67. The van der Waals surface area contributed by atoms with Gasteiger partial charge >= 0.3 is 0 Å². The number of carbonyl (C=O) groups is 1. The van der Waals surface area contributed by atoms with Gasteiger partial charge < -0.3 is 0 Å². The molecule has 0 aromatic rings. The Labute approximate surface area is 81.2 Å². The van der Waals surface area contributed by atoms with Gasteiger partial charge in [-0.05, 0) is 31.6 Å². The second kappa shape index (κ2) is 5.21. The first kappa shape index (κ1) is 10.5. The van der Waals surface area contributed by atoms with Gasteiger partial charge in [0.1, 0.15) is 5.78 Å². The highest BCUT2D eigenvalue weighted by Gasteiger charge is 2.11. The zero-order valence-electron chi connectivity index (χ0n) is 8.81. The maximum Gasteiger partial charge on any atom is 0.133 e. The summed E-state index contributed by atoms with van der Waals surface area (Å²) in [7, 11) is 0. The number of ketones is 1. The molecule has 0 heterocycles. The van der Waals surface area contributed by atoms with E-state index in [1.54, 1.807) is 0 Å². The minimum absolute atomic E-state index is 0.445. The van der Waals surface area contributed by atoms with Crippen LogP contribution in [0.4, 0.5) is 0 Å². The Morgan fingerprint density at radius 3 is 2.38 bits per heavy atom. The highest BCUT2D eigenvalue weighted by atomic mass is 16.1. The van der Waals surface area contributed by atoms with Crippen molar-refractivity contribution in [2.24, 2.45) is 5.92 Å². The van der Waals surface area contributed by atoms with Gasteiger partial charge in [-0.15, -0.1) is 0 Å². The van der Waals surface area contributed by atoms with Crippen LogP contribution < -0.4 is 0 Å². The summed E-state index contributed by atoms with van der Waals surface area (Å²) in [5.74, 6) is 1.24. The molecule has 1 heteroatoms. The summed E-state index contributed by atoms with van der Waals surface area (Å²) in [4.78, 5) is 11.0. The van der Waals surface area contributed by atoms with Gasteiger partial charge in [0.25, 0.3) is 0 Å². The molecule has 0 N–H and O–H groups in total. The standard InChI is InChI=1S/C12H20O/c1-10(2)4-3-5-11-6-8-12(13)9-7-11/h5,10H,3-4,6-9H2,1-2H3. The predicted molar refractivity (Wildman–Crippen MR) is 55.6 cm³/mol. The average molecular weight is 180 g/mol. The zero-order valence-corrected chi connectivity index (χ0v) is 8.81. The average Bonchev–Trinajstić information content (AvgIpc) is 2.08. The molecule has 1 aliphatic carbocycles. The SMILES string of the molecule is CC(C)CCC=C1CCC(=O)CC1. The molecule has 0 atom stereocenters. The molecule has 0 saturated heterocycles. The lowest BCUT2D eigenvalue weighted by Crippen LogP contribution is -2.05. The molecular formula is C12H20O. The molecule has 1 aliphatic rings. The topological polar surface area (TPSA) is 17.1 Å². The number of carbonyl (C=O) groups excluding carboxylic acids is 1. The van der Waals surface area contributed by atoms with Crippen LogP contribution in [0.1, 0.15) is 52.4 Å². The molecule has 13 heavy (non-hydrogen) atoms. The van der Waals surface area contributed by atoms with Gasteiger partial charge in [0.05, 0.1) is 0 Å². The summed E-state index contributed by atoms with van der Waals surface area (Å²) in [6.07, 6.45) is 8.44. The van der Waals surface area contributed by atoms with E-state index in [1.807, 2.05) is 0 Å². The molecule has 0 amide bonds.